The molecule has 0 radical (unpaired) electrons. The number of aryl methyl sites for hydroxylation is 2. The number of hydrogen-bond donors (Lipinski definition) is 0. The summed E-state index contributed by atoms with van der Waals surface area (Å²) in [7, 11) is 1.74. The van der Waals surface area contributed by atoms with Crippen molar-refractivity contribution in [3.63, 3.8) is 0 Å². The number of rotatable bonds is 4. The van der Waals surface area contributed by atoms with E-state index >= 15 is 0 Å². The molecule has 2 aliphatic rings. The van der Waals surface area contributed by atoms with Gasteiger partial charge in [0.15, 0.2) is 0 Å². The Kier molecular flexibility index (Phi) is 5.38. The molecule has 1 aromatic carbocycles. The minimum atomic E-state index is -0.00916. The number of benzene rings is 1. The van der Waals surface area contributed by atoms with Gasteiger partial charge in [-0.2, -0.15) is 5.10 Å². The van der Waals surface area contributed by atoms with E-state index in [1.165, 1.54) is 23.1 Å². The lowest BCUT2D eigenvalue weighted by Crippen LogP contribution is -2.41. The van der Waals surface area contributed by atoms with Crippen molar-refractivity contribution >= 4 is 5.91 Å². The van der Waals surface area contributed by atoms with Crippen LogP contribution in [0.25, 0.3) is 0 Å². The number of piperidine rings is 1. The van der Waals surface area contributed by atoms with Gasteiger partial charge in [0.2, 0.25) is 5.91 Å². The van der Waals surface area contributed by atoms with Crippen LogP contribution in [0.5, 0.6) is 0 Å². The van der Waals surface area contributed by atoms with Crippen molar-refractivity contribution in [1.29, 1.82) is 0 Å². The standard InChI is InChI=1S/C22H30N4O2/c1-16-7-5-8-17(13-16)14-20(27)25-12-6-9-18(15-25)21-23-24(2)22(28)26(21)19-10-3-4-11-19/h5,7-8,13,18-19H,3-4,6,9-12,14-15H2,1-2H3. The summed E-state index contributed by atoms with van der Waals surface area (Å²) < 4.78 is 3.41. The highest BCUT2D eigenvalue weighted by Gasteiger charge is 2.32. The lowest BCUT2D eigenvalue weighted by Gasteiger charge is -2.33. The number of carbonyl (C=O) groups is 1. The summed E-state index contributed by atoms with van der Waals surface area (Å²) in [6.45, 7) is 3.50. The maximum Gasteiger partial charge on any atom is 0.345 e. The molecule has 1 saturated heterocycles. The molecule has 1 atom stereocenters. The van der Waals surface area contributed by atoms with Gasteiger partial charge < -0.3 is 4.90 Å². The summed E-state index contributed by atoms with van der Waals surface area (Å²) in [5.74, 6) is 1.19. The van der Waals surface area contributed by atoms with Gasteiger partial charge in [-0.15, -0.1) is 0 Å². The Bertz CT molecular complexity index is 908. The van der Waals surface area contributed by atoms with Crippen molar-refractivity contribution in [2.24, 2.45) is 7.05 Å². The minimum Gasteiger partial charge on any atom is -0.342 e. The van der Waals surface area contributed by atoms with E-state index < -0.39 is 0 Å². The molecule has 6 heteroatoms. The van der Waals surface area contributed by atoms with Gasteiger partial charge >= 0.3 is 5.69 Å². The average molecular weight is 383 g/mol. The molecule has 1 unspecified atom stereocenters. The molecule has 6 nitrogen and oxygen atoms in total. The van der Waals surface area contributed by atoms with E-state index in [0.717, 1.165) is 43.6 Å². The van der Waals surface area contributed by atoms with Gasteiger partial charge in [-0.25, -0.2) is 9.48 Å². The molecule has 2 heterocycles. The summed E-state index contributed by atoms with van der Waals surface area (Å²) in [6, 6.07) is 8.42. The van der Waals surface area contributed by atoms with Gasteiger partial charge in [-0.05, 0) is 38.2 Å². The molecule has 1 aliphatic carbocycles. The molecule has 2 aromatic rings. The maximum atomic E-state index is 12.9. The number of carbonyl (C=O) groups excluding carboxylic acids is 1. The molecule has 2 fully saturated rings. The van der Waals surface area contributed by atoms with Crippen molar-refractivity contribution in [3.05, 3.63) is 51.7 Å². The van der Waals surface area contributed by atoms with E-state index in [-0.39, 0.29) is 23.6 Å². The van der Waals surface area contributed by atoms with Crippen LogP contribution in [0, 0.1) is 6.92 Å². The van der Waals surface area contributed by atoms with E-state index in [2.05, 4.69) is 11.2 Å². The SMILES string of the molecule is Cc1cccc(CC(=O)N2CCCC(c3nn(C)c(=O)n3C3CCCC3)C2)c1. The van der Waals surface area contributed by atoms with E-state index in [1.807, 2.05) is 34.6 Å². The molecule has 0 spiro atoms. The highest BCUT2D eigenvalue weighted by Crippen LogP contribution is 2.33. The van der Waals surface area contributed by atoms with Crippen LogP contribution in [-0.4, -0.2) is 38.2 Å². The Morgan fingerprint density at radius 1 is 1.18 bits per heavy atom. The topological polar surface area (TPSA) is 60.1 Å². The zero-order valence-corrected chi connectivity index (χ0v) is 16.9. The molecule has 1 aromatic heterocycles. The van der Waals surface area contributed by atoms with Crippen LogP contribution >= 0.6 is 0 Å². The predicted octanol–water partition coefficient (Wildman–Crippen LogP) is 2.95. The Morgan fingerprint density at radius 2 is 1.96 bits per heavy atom. The number of aromatic nitrogens is 3. The first kappa shape index (κ1) is 19.0. The van der Waals surface area contributed by atoms with Crippen molar-refractivity contribution in [1.82, 2.24) is 19.2 Å². The second-order valence-electron chi connectivity index (χ2n) is 8.42. The Morgan fingerprint density at radius 3 is 2.71 bits per heavy atom. The number of hydrogen-bond acceptors (Lipinski definition) is 3. The Labute approximate surface area is 166 Å². The smallest absolute Gasteiger partial charge is 0.342 e. The van der Waals surface area contributed by atoms with Crippen LogP contribution in [0.1, 0.15) is 67.4 Å². The first-order valence-corrected chi connectivity index (χ1v) is 10.5. The fraction of sp³-hybridized carbons (Fsp3) is 0.591. The quantitative estimate of drug-likeness (QED) is 0.817. The predicted molar refractivity (Wildman–Crippen MR) is 108 cm³/mol. The second-order valence-corrected chi connectivity index (χ2v) is 8.42. The summed E-state index contributed by atoms with van der Waals surface area (Å²) in [6.07, 6.45) is 6.85. The van der Waals surface area contributed by atoms with Gasteiger partial charge in [0.1, 0.15) is 5.82 Å². The van der Waals surface area contributed by atoms with E-state index in [1.54, 1.807) is 7.05 Å². The fourth-order valence-electron chi connectivity index (χ4n) is 4.81. The van der Waals surface area contributed by atoms with Crippen LogP contribution in [-0.2, 0) is 18.3 Å². The molecular weight excluding hydrogens is 352 g/mol. The van der Waals surface area contributed by atoms with Crippen LogP contribution in [0.2, 0.25) is 0 Å². The first-order valence-electron chi connectivity index (χ1n) is 10.5. The first-order chi connectivity index (χ1) is 13.5. The van der Waals surface area contributed by atoms with Gasteiger partial charge in [0, 0.05) is 32.1 Å². The van der Waals surface area contributed by atoms with E-state index in [9.17, 15) is 9.59 Å². The third kappa shape index (κ3) is 3.77. The summed E-state index contributed by atoms with van der Waals surface area (Å²) in [4.78, 5) is 27.6. The largest absolute Gasteiger partial charge is 0.345 e. The molecule has 1 saturated carbocycles. The summed E-state index contributed by atoms with van der Waals surface area (Å²) >= 11 is 0. The lowest BCUT2D eigenvalue weighted by molar-refractivity contribution is -0.131. The monoisotopic (exact) mass is 382 g/mol. The fourth-order valence-corrected chi connectivity index (χ4v) is 4.81. The molecule has 4 rings (SSSR count). The lowest BCUT2D eigenvalue weighted by atomic mass is 9.96. The highest BCUT2D eigenvalue weighted by atomic mass is 16.2. The molecular formula is C22H30N4O2. The van der Waals surface area contributed by atoms with Crippen molar-refractivity contribution < 1.29 is 4.79 Å². The normalized spacial score (nSPS) is 20.6. The van der Waals surface area contributed by atoms with Gasteiger partial charge in [-0.1, -0.05) is 42.7 Å². The van der Waals surface area contributed by atoms with Crippen molar-refractivity contribution in [2.45, 2.75) is 63.8 Å². The van der Waals surface area contributed by atoms with Crippen molar-refractivity contribution in [3.8, 4) is 0 Å². The molecule has 0 bridgehead atoms. The summed E-state index contributed by atoms with van der Waals surface area (Å²) in [5, 5.41) is 4.60. The molecule has 28 heavy (non-hydrogen) atoms. The minimum absolute atomic E-state index is 0.00916. The third-order valence-electron chi connectivity index (χ3n) is 6.25. The molecule has 1 aliphatic heterocycles. The van der Waals surface area contributed by atoms with E-state index in [0.29, 0.717) is 13.0 Å². The molecule has 0 N–H and O–H groups in total. The second kappa shape index (κ2) is 7.94. The Hall–Kier alpha value is -2.37. The average Bonchev–Trinajstić information content (AvgIpc) is 3.30. The summed E-state index contributed by atoms with van der Waals surface area (Å²) in [5.41, 5.74) is 2.23. The van der Waals surface area contributed by atoms with Crippen LogP contribution < -0.4 is 5.69 Å². The van der Waals surface area contributed by atoms with Gasteiger partial charge in [0.25, 0.3) is 0 Å². The third-order valence-corrected chi connectivity index (χ3v) is 6.25. The van der Waals surface area contributed by atoms with Crippen LogP contribution in [0.3, 0.4) is 0 Å². The zero-order valence-electron chi connectivity index (χ0n) is 16.9. The number of nitrogens with zero attached hydrogens (tertiary/aromatic N) is 4. The van der Waals surface area contributed by atoms with Gasteiger partial charge in [0.05, 0.1) is 6.42 Å². The van der Waals surface area contributed by atoms with Crippen LogP contribution in [0.4, 0.5) is 0 Å². The molecule has 1 amide bonds. The van der Waals surface area contributed by atoms with Gasteiger partial charge in [-0.3, -0.25) is 9.36 Å². The van der Waals surface area contributed by atoms with Crippen LogP contribution in [0.15, 0.2) is 29.1 Å². The zero-order chi connectivity index (χ0) is 19.7. The van der Waals surface area contributed by atoms with E-state index in [4.69, 9.17) is 0 Å². The number of amides is 1. The van der Waals surface area contributed by atoms with Crippen molar-refractivity contribution in [2.75, 3.05) is 13.1 Å². The Balaban J connectivity index is 1.52. The molecule has 150 valence electrons. The number of likely N-dealkylation sites (tertiary alicyclic amines) is 1. The maximum absolute atomic E-state index is 12.9. The highest BCUT2D eigenvalue weighted by molar-refractivity contribution is 5.79.